The van der Waals surface area contributed by atoms with Crippen LogP contribution in [-0.2, 0) is 9.63 Å². The van der Waals surface area contributed by atoms with E-state index in [0.29, 0.717) is 23.2 Å². The highest BCUT2D eigenvalue weighted by atomic mass is 16.6. The monoisotopic (exact) mass is 358 g/mol. The Morgan fingerprint density at radius 1 is 1.04 bits per heavy atom. The SMILES string of the molecule is C[C@]12CCC(=NOC3CNC3)CC1CCC1C2CC[C@]2(C)C(=O)CCC12. The molecule has 5 rings (SSSR count). The molecule has 6 atom stereocenters. The summed E-state index contributed by atoms with van der Waals surface area (Å²) < 4.78 is 0. The van der Waals surface area contributed by atoms with Gasteiger partial charge in [0.25, 0.3) is 0 Å². The highest BCUT2D eigenvalue weighted by Crippen LogP contribution is 2.65. The van der Waals surface area contributed by atoms with E-state index in [4.69, 9.17) is 4.84 Å². The Kier molecular flexibility index (Phi) is 4.01. The Morgan fingerprint density at radius 3 is 2.65 bits per heavy atom. The van der Waals surface area contributed by atoms with Crippen LogP contribution in [0.3, 0.4) is 0 Å². The zero-order valence-corrected chi connectivity index (χ0v) is 16.4. The fraction of sp³-hybridized carbons (Fsp3) is 0.909. The minimum absolute atomic E-state index is 0.0102. The first-order valence-electron chi connectivity index (χ1n) is 11.0. The molecule has 1 saturated heterocycles. The first kappa shape index (κ1) is 17.2. The third-order valence-corrected chi connectivity index (χ3v) is 9.28. The number of rotatable bonds is 2. The molecule has 0 spiro atoms. The molecule has 0 amide bonds. The van der Waals surface area contributed by atoms with Gasteiger partial charge in [0.1, 0.15) is 5.78 Å². The molecule has 0 aromatic carbocycles. The zero-order valence-electron chi connectivity index (χ0n) is 16.4. The molecular weight excluding hydrogens is 324 g/mol. The summed E-state index contributed by atoms with van der Waals surface area (Å²) in [5.74, 6) is 3.60. The van der Waals surface area contributed by atoms with Crippen molar-refractivity contribution in [1.29, 1.82) is 0 Å². The summed E-state index contributed by atoms with van der Waals surface area (Å²) in [5, 5.41) is 7.78. The topological polar surface area (TPSA) is 50.7 Å². The van der Waals surface area contributed by atoms with E-state index in [9.17, 15) is 4.79 Å². The lowest BCUT2D eigenvalue weighted by atomic mass is 9.45. The van der Waals surface area contributed by atoms with Gasteiger partial charge in [-0.05, 0) is 80.5 Å². The van der Waals surface area contributed by atoms with Gasteiger partial charge in [0.15, 0.2) is 6.10 Å². The molecule has 144 valence electrons. The van der Waals surface area contributed by atoms with Gasteiger partial charge >= 0.3 is 0 Å². The molecule has 5 aliphatic rings. The molecule has 1 aliphatic heterocycles. The van der Waals surface area contributed by atoms with Crippen LogP contribution in [0.4, 0.5) is 0 Å². The highest BCUT2D eigenvalue weighted by molar-refractivity contribution is 5.87. The maximum atomic E-state index is 12.5. The molecule has 0 radical (unpaired) electrons. The van der Waals surface area contributed by atoms with Crippen molar-refractivity contribution in [3.8, 4) is 0 Å². The number of carbonyl (C=O) groups is 1. The van der Waals surface area contributed by atoms with Crippen LogP contribution in [0.1, 0.15) is 71.6 Å². The average Bonchev–Trinajstić information content (AvgIpc) is 2.89. The molecule has 0 bridgehead atoms. The van der Waals surface area contributed by atoms with Gasteiger partial charge in [0, 0.05) is 24.9 Å². The number of ketones is 1. The number of Topliss-reactive ketones (excluding diaryl/α,β-unsaturated/α-hetero) is 1. The molecular formula is C22H34N2O2. The quantitative estimate of drug-likeness (QED) is 0.761. The number of carbonyl (C=O) groups excluding carboxylic acids is 1. The van der Waals surface area contributed by atoms with Crippen molar-refractivity contribution in [2.45, 2.75) is 77.7 Å². The summed E-state index contributed by atoms with van der Waals surface area (Å²) in [6.45, 7) is 6.75. The van der Waals surface area contributed by atoms with Crippen LogP contribution in [-0.4, -0.2) is 30.7 Å². The number of nitrogens with zero attached hydrogens (tertiary/aromatic N) is 1. The van der Waals surface area contributed by atoms with Crippen LogP contribution >= 0.6 is 0 Å². The Morgan fingerprint density at radius 2 is 1.88 bits per heavy atom. The second-order valence-corrected chi connectivity index (χ2v) is 10.3. The van der Waals surface area contributed by atoms with Crippen LogP contribution in [0, 0.1) is 34.5 Å². The molecule has 26 heavy (non-hydrogen) atoms. The first-order valence-corrected chi connectivity index (χ1v) is 11.0. The number of fused-ring (bicyclic) bond motifs is 5. The van der Waals surface area contributed by atoms with E-state index in [1.165, 1.54) is 31.4 Å². The van der Waals surface area contributed by atoms with E-state index in [2.05, 4.69) is 24.3 Å². The van der Waals surface area contributed by atoms with Gasteiger partial charge in [0.05, 0.1) is 5.71 Å². The molecule has 4 saturated carbocycles. The number of nitrogens with one attached hydrogen (secondary N) is 1. The maximum absolute atomic E-state index is 12.5. The van der Waals surface area contributed by atoms with Crippen molar-refractivity contribution in [2.75, 3.05) is 13.1 Å². The molecule has 4 nitrogen and oxygen atoms in total. The van der Waals surface area contributed by atoms with Crippen molar-refractivity contribution < 1.29 is 9.63 Å². The number of hydrogen-bond donors (Lipinski definition) is 1. The Labute approximate surface area is 157 Å². The fourth-order valence-corrected chi connectivity index (χ4v) is 7.40. The number of hydrogen-bond acceptors (Lipinski definition) is 4. The lowest BCUT2D eigenvalue weighted by Crippen LogP contribution is -2.53. The lowest BCUT2D eigenvalue weighted by Gasteiger charge is -2.59. The van der Waals surface area contributed by atoms with E-state index in [0.717, 1.165) is 62.9 Å². The van der Waals surface area contributed by atoms with Crippen LogP contribution in [0.15, 0.2) is 5.16 Å². The number of oxime groups is 1. The molecule has 4 heteroatoms. The van der Waals surface area contributed by atoms with E-state index in [1.54, 1.807) is 0 Å². The largest absolute Gasteiger partial charge is 0.390 e. The van der Waals surface area contributed by atoms with E-state index >= 15 is 0 Å². The Bertz CT molecular complexity index is 628. The van der Waals surface area contributed by atoms with Crippen LogP contribution in [0.5, 0.6) is 0 Å². The highest BCUT2D eigenvalue weighted by Gasteiger charge is 2.60. The van der Waals surface area contributed by atoms with E-state index < -0.39 is 0 Å². The van der Waals surface area contributed by atoms with Crippen molar-refractivity contribution in [1.82, 2.24) is 5.32 Å². The zero-order chi connectivity index (χ0) is 17.9. The Balaban J connectivity index is 1.32. The van der Waals surface area contributed by atoms with Crippen molar-refractivity contribution in [3.63, 3.8) is 0 Å². The smallest absolute Gasteiger partial charge is 0.152 e. The normalized spacial score (nSPS) is 49.9. The molecule has 1 N–H and O–H groups in total. The Hall–Kier alpha value is -0.900. The minimum atomic E-state index is 0.0102. The predicted octanol–water partition coefficient (Wildman–Crippen LogP) is 3.94. The summed E-state index contributed by atoms with van der Waals surface area (Å²) in [6.07, 6.45) is 10.9. The van der Waals surface area contributed by atoms with Gasteiger partial charge in [-0.25, -0.2) is 0 Å². The van der Waals surface area contributed by atoms with Crippen molar-refractivity contribution in [3.05, 3.63) is 0 Å². The van der Waals surface area contributed by atoms with Crippen molar-refractivity contribution >= 4 is 11.5 Å². The second kappa shape index (κ2) is 6.05. The van der Waals surface area contributed by atoms with Gasteiger partial charge in [-0.15, -0.1) is 0 Å². The van der Waals surface area contributed by atoms with Crippen LogP contribution in [0.2, 0.25) is 0 Å². The van der Waals surface area contributed by atoms with Gasteiger partial charge in [-0.1, -0.05) is 19.0 Å². The van der Waals surface area contributed by atoms with E-state index in [-0.39, 0.29) is 5.41 Å². The second-order valence-electron chi connectivity index (χ2n) is 10.3. The summed E-state index contributed by atoms with van der Waals surface area (Å²) in [4.78, 5) is 18.2. The molecule has 5 fully saturated rings. The van der Waals surface area contributed by atoms with Crippen LogP contribution < -0.4 is 5.32 Å². The molecule has 0 aromatic heterocycles. The van der Waals surface area contributed by atoms with Gasteiger partial charge in [0.2, 0.25) is 0 Å². The first-order chi connectivity index (χ1) is 12.5. The maximum Gasteiger partial charge on any atom is 0.152 e. The minimum Gasteiger partial charge on any atom is -0.390 e. The molecule has 0 aromatic rings. The third kappa shape index (κ3) is 2.43. The molecule has 1 heterocycles. The third-order valence-electron chi connectivity index (χ3n) is 9.28. The van der Waals surface area contributed by atoms with Gasteiger partial charge < -0.3 is 10.2 Å². The van der Waals surface area contributed by atoms with E-state index in [1.807, 2.05) is 0 Å². The van der Waals surface area contributed by atoms with Gasteiger partial charge in [-0.3, -0.25) is 4.79 Å². The summed E-state index contributed by atoms with van der Waals surface area (Å²) in [5.41, 5.74) is 1.76. The standard InChI is InChI=1S/C22H34N2O2/c1-21-9-7-15(24-26-16-12-23-13-16)11-14(21)3-4-17-18-5-6-20(25)22(18,2)10-8-19(17)21/h14,16-19,23H,3-13H2,1-2H3/t14?,17?,18?,19?,21-,22-/m0/s1. The molecule has 4 aliphatic carbocycles. The summed E-state index contributed by atoms with van der Waals surface area (Å²) >= 11 is 0. The molecule has 4 unspecified atom stereocenters. The lowest BCUT2D eigenvalue weighted by molar-refractivity contribution is -0.137. The fourth-order valence-electron chi connectivity index (χ4n) is 7.40. The average molecular weight is 359 g/mol. The van der Waals surface area contributed by atoms with Crippen molar-refractivity contribution in [2.24, 2.45) is 39.7 Å². The summed E-state index contributed by atoms with van der Waals surface area (Å²) in [7, 11) is 0. The van der Waals surface area contributed by atoms with Gasteiger partial charge in [-0.2, -0.15) is 0 Å². The predicted molar refractivity (Wildman–Crippen MR) is 102 cm³/mol. The summed E-state index contributed by atoms with van der Waals surface area (Å²) in [6, 6.07) is 0. The van der Waals surface area contributed by atoms with Crippen LogP contribution in [0.25, 0.3) is 0 Å².